The smallest absolute Gasteiger partial charge is 0.234 e. The minimum Gasteiger partial charge on any atom is -0.490 e. The Bertz CT molecular complexity index is 990. The third kappa shape index (κ3) is 4.17. The molecule has 0 fully saturated rings. The number of rotatable bonds is 4. The van der Waals surface area contributed by atoms with Gasteiger partial charge in [-0.3, -0.25) is 4.79 Å². The number of fused-ring (bicyclic) bond motifs is 2. The van der Waals surface area contributed by atoms with Crippen molar-refractivity contribution < 1.29 is 14.3 Å². The molecule has 1 aliphatic heterocycles. The van der Waals surface area contributed by atoms with Gasteiger partial charge in [0.15, 0.2) is 11.5 Å². The van der Waals surface area contributed by atoms with Crippen molar-refractivity contribution in [3.8, 4) is 11.5 Å². The van der Waals surface area contributed by atoms with E-state index in [1.54, 1.807) is 0 Å². The zero-order valence-electron chi connectivity index (χ0n) is 15.0. The van der Waals surface area contributed by atoms with Crippen molar-refractivity contribution in [2.75, 3.05) is 24.3 Å². The van der Waals surface area contributed by atoms with Crippen LogP contribution >= 0.6 is 11.8 Å². The van der Waals surface area contributed by atoms with Crippen molar-refractivity contribution >= 4 is 34.3 Å². The number of anilines is 1. The van der Waals surface area contributed by atoms with Crippen LogP contribution in [0.3, 0.4) is 0 Å². The third-order valence-corrected chi connectivity index (χ3v) is 5.19. The van der Waals surface area contributed by atoms with E-state index in [0.29, 0.717) is 30.4 Å². The fraction of sp³-hybridized carbons (Fsp3) is 0.238. The van der Waals surface area contributed by atoms with Gasteiger partial charge in [0.2, 0.25) is 5.91 Å². The highest BCUT2D eigenvalue weighted by Crippen LogP contribution is 2.32. The molecular formula is C21H20N2O3S. The average Bonchev–Trinajstić information content (AvgIpc) is 2.91. The van der Waals surface area contributed by atoms with E-state index in [2.05, 4.69) is 23.3 Å². The summed E-state index contributed by atoms with van der Waals surface area (Å²) in [7, 11) is 0. The Morgan fingerprint density at radius 2 is 1.93 bits per heavy atom. The zero-order valence-corrected chi connectivity index (χ0v) is 15.8. The summed E-state index contributed by atoms with van der Waals surface area (Å²) in [5.74, 6) is 1.60. The maximum atomic E-state index is 12.3. The Kier molecular flexibility index (Phi) is 5.16. The van der Waals surface area contributed by atoms with Gasteiger partial charge >= 0.3 is 0 Å². The molecule has 6 heteroatoms. The van der Waals surface area contributed by atoms with E-state index in [9.17, 15) is 4.79 Å². The van der Waals surface area contributed by atoms with E-state index >= 15 is 0 Å². The van der Waals surface area contributed by atoms with Crippen LogP contribution in [-0.2, 0) is 4.79 Å². The Hall–Kier alpha value is -2.73. The van der Waals surface area contributed by atoms with Crippen LogP contribution in [0.5, 0.6) is 11.5 Å². The van der Waals surface area contributed by atoms with Crippen molar-refractivity contribution in [1.82, 2.24) is 4.98 Å². The number of pyridine rings is 1. The highest BCUT2D eigenvalue weighted by molar-refractivity contribution is 7.99. The van der Waals surface area contributed by atoms with Crippen LogP contribution in [0, 0.1) is 6.92 Å². The lowest BCUT2D eigenvalue weighted by atomic mass is 10.1. The average molecular weight is 380 g/mol. The molecule has 0 spiro atoms. The SMILES string of the molecule is Cc1cc(SCC(=O)Nc2ccc3c(c2)OCCCO3)nc2ccccc12. The van der Waals surface area contributed by atoms with E-state index in [1.807, 2.05) is 42.5 Å². The number of nitrogens with one attached hydrogen (secondary N) is 1. The number of hydrogen-bond acceptors (Lipinski definition) is 5. The Labute approximate surface area is 162 Å². The summed E-state index contributed by atoms with van der Waals surface area (Å²) in [6, 6.07) is 15.5. The first kappa shape index (κ1) is 17.7. The second-order valence-electron chi connectivity index (χ2n) is 6.34. The molecule has 1 aromatic heterocycles. The van der Waals surface area contributed by atoms with Crippen LogP contribution in [0.2, 0.25) is 0 Å². The number of amides is 1. The van der Waals surface area contributed by atoms with Crippen molar-refractivity contribution in [2.45, 2.75) is 18.4 Å². The monoisotopic (exact) mass is 380 g/mol. The summed E-state index contributed by atoms with van der Waals surface area (Å²) in [5, 5.41) is 4.90. The standard InChI is InChI=1S/C21H20N2O3S/c1-14-11-21(23-17-6-3-2-5-16(14)17)27-13-20(24)22-15-7-8-18-19(12-15)26-10-4-9-25-18/h2-3,5-8,11-12H,4,9-10,13H2,1H3,(H,22,24). The maximum Gasteiger partial charge on any atom is 0.234 e. The van der Waals surface area contributed by atoms with E-state index in [0.717, 1.165) is 33.7 Å². The molecule has 5 nitrogen and oxygen atoms in total. The molecule has 1 aliphatic rings. The van der Waals surface area contributed by atoms with Crippen LogP contribution in [0.25, 0.3) is 10.9 Å². The minimum absolute atomic E-state index is 0.0814. The van der Waals surface area contributed by atoms with Gasteiger partial charge < -0.3 is 14.8 Å². The van der Waals surface area contributed by atoms with Crippen LogP contribution in [0.1, 0.15) is 12.0 Å². The predicted molar refractivity (Wildman–Crippen MR) is 108 cm³/mol. The molecule has 2 heterocycles. The Morgan fingerprint density at radius 1 is 1.11 bits per heavy atom. The zero-order chi connectivity index (χ0) is 18.6. The lowest BCUT2D eigenvalue weighted by Gasteiger charge is -2.10. The third-order valence-electron chi connectivity index (χ3n) is 4.28. The van der Waals surface area contributed by atoms with E-state index < -0.39 is 0 Å². The fourth-order valence-electron chi connectivity index (χ4n) is 2.97. The first-order valence-electron chi connectivity index (χ1n) is 8.88. The van der Waals surface area contributed by atoms with Crippen LogP contribution in [-0.4, -0.2) is 29.9 Å². The number of benzene rings is 2. The molecule has 0 bridgehead atoms. The first-order valence-corrected chi connectivity index (χ1v) is 9.86. The fourth-order valence-corrected chi connectivity index (χ4v) is 3.74. The number of carbonyl (C=O) groups is 1. The summed E-state index contributed by atoms with van der Waals surface area (Å²) >= 11 is 1.43. The van der Waals surface area contributed by atoms with Crippen molar-refractivity contribution in [3.05, 3.63) is 54.1 Å². The number of thioether (sulfide) groups is 1. The molecule has 0 radical (unpaired) electrons. The summed E-state index contributed by atoms with van der Waals surface area (Å²) in [6.45, 7) is 3.33. The van der Waals surface area contributed by atoms with Gasteiger partial charge in [0.25, 0.3) is 0 Å². The van der Waals surface area contributed by atoms with Crippen molar-refractivity contribution in [1.29, 1.82) is 0 Å². The molecule has 2 aromatic carbocycles. The topological polar surface area (TPSA) is 60.5 Å². The molecule has 0 atom stereocenters. The lowest BCUT2D eigenvalue weighted by Crippen LogP contribution is -2.14. The summed E-state index contributed by atoms with van der Waals surface area (Å²) in [5.41, 5.74) is 2.81. The Balaban J connectivity index is 1.41. The van der Waals surface area contributed by atoms with Gasteiger partial charge in [0.1, 0.15) is 0 Å². The normalized spacial score (nSPS) is 13.2. The van der Waals surface area contributed by atoms with Crippen LogP contribution < -0.4 is 14.8 Å². The second-order valence-corrected chi connectivity index (χ2v) is 7.34. The van der Waals surface area contributed by atoms with Crippen LogP contribution in [0.4, 0.5) is 5.69 Å². The predicted octanol–water partition coefficient (Wildman–Crippen LogP) is 4.44. The molecule has 27 heavy (non-hydrogen) atoms. The molecule has 1 amide bonds. The number of aryl methyl sites for hydroxylation is 1. The highest BCUT2D eigenvalue weighted by atomic mass is 32.2. The van der Waals surface area contributed by atoms with Gasteiger partial charge in [-0.25, -0.2) is 4.98 Å². The number of ether oxygens (including phenoxy) is 2. The molecule has 0 saturated carbocycles. The van der Waals surface area contributed by atoms with Gasteiger partial charge in [-0.05, 0) is 36.8 Å². The molecule has 1 N–H and O–H groups in total. The number of aromatic nitrogens is 1. The molecule has 4 rings (SSSR count). The van der Waals surface area contributed by atoms with Gasteiger partial charge in [-0.15, -0.1) is 0 Å². The first-order chi connectivity index (χ1) is 13.2. The largest absolute Gasteiger partial charge is 0.490 e. The number of nitrogens with zero attached hydrogens (tertiary/aromatic N) is 1. The molecule has 138 valence electrons. The number of carbonyl (C=O) groups excluding carboxylic acids is 1. The Morgan fingerprint density at radius 3 is 2.81 bits per heavy atom. The lowest BCUT2D eigenvalue weighted by molar-refractivity contribution is -0.113. The van der Waals surface area contributed by atoms with E-state index in [-0.39, 0.29) is 5.91 Å². The highest BCUT2D eigenvalue weighted by Gasteiger charge is 2.12. The summed E-state index contributed by atoms with van der Waals surface area (Å²) in [6.07, 6.45) is 0.852. The van der Waals surface area contributed by atoms with Crippen molar-refractivity contribution in [2.24, 2.45) is 0 Å². The maximum absolute atomic E-state index is 12.3. The van der Waals surface area contributed by atoms with Gasteiger partial charge in [-0.1, -0.05) is 30.0 Å². The quantitative estimate of drug-likeness (QED) is 0.678. The van der Waals surface area contributed by atoms with Gasteiger partial charge in [0, 0.05) is 23.6 Å². The summed E-state index contributed by atoms with van der Waals surface area (Å²) in [4.78, 5) is 17.0. The molecule has 3 aromatic rings. The second kappa shape index (κ2) is 7.88. The number of para-hydroxylation sites is 1. The molecule has 0 aliphatic carbocycles. The van der Waals surface area contributed by atoms with E-state index in [1.165, 1.54) is 11.8 Å². The number of hydrogen-bond donors (Lipinski definition) is 1. The summed E-state index contributed by atoms with van der Waals surface area (Å²) < 4.78 is 11.3. The van der Waals surface area contributed by atoms with Gasteiger partial charge in [-0.2, -0.15) is 0 Å². The van der Waals surface area contributed by atoms with Gasteiger partial charge in [0.05, 0.1) is 29.5 Å². The molecule has 0 saturated heterocycles. The molecular weight excluding hydrogens is 360 g/mol. The van der Waals surface area contributed by atoms with Crippen molar-refractivity contribution in [3.63, 3.8) is 0 Å². The molecule has 0 unspecified atom stereocenters. The van der Waals surface area contributed by atoms with E-state index in [4.69, 9.17) is 9.47 Å². The minimum atomic E-state index is -0.0814. The van der Waals surface area contributed by atoms with Crippen LogP contribution in [0.15, 0.2) is 53.6 Å².